The minimum absolute atomic E-state index is 0.0581. The molecule has 4 heterocycles. The number of rotatable bonds is 10. The van der Waals surface area contributed by atoms with Crippen LogP contribution in [0.15, 0.2) is 0 Å². The van der Waals surface area contributed by atoms with Crippen molar-refractivity contribution < 1.29 is 77.8 Å². The number of carbonyl (C=O) groups excluding carboxylic acids is 3. The van der Waals surface area contributed by atoms with Crippen LogP contribution in [0, 0.1) is 23.7 Å². The van der Waals surface area contributed by atoms with Crippen molar-refractivity contribution in [2.45, 2.75) is 224 Å². The zero-order chi connectivity index (χ0) is 48.5. The second-order valence-corrected chi connectivity index (χ2v) is 20.5. The molecule has 0 spiro atoms. The molecule has 0 bridgehead atoms. The van der Waals surface area contributed by atoms with Gasteiger partial charge in [-0.15, -0.1) is 0 Å². The van der Waals surface area contributed by atoms with E-state index in [0.29, 0.717) is 6.42 Å². The van der Waals surface area contributed by atoms with Crippen LogP contribution >= 0.6 is 0 Å². The lowest BCUT2D eigenvalue weighted by Gasteiger charge is -2.51. The summed E-state index contributed by atoms with van der Waals surface area (Å²) in [6.45, 7) is 19.4. The summed E-state index contributed by atoms with van der Waals surface area (Å²) in [6.07, 6.45) is -13.1. The van der Waals surface area contributed by atoms with E-state index in [-0.39, 0.29) is 43.9 Å². The maximum atomic E-state index is 14.6. The summed E-state index contributed by atoms with van der Waals surface area (Å²) < 4.78 is 51.5. The van der Waals surface area contributed by atoms with Gasteiger partial charge in [-0.05, 0) is 95.9 Å². The number of cyclic esters (lactones) is 1. The van der Waals surface area contributed by atoms with Crippen LogP contribution in [0.5, 0.6) is 0 Å². The van der Waals surface area contributed by atoms with E-state index in [9.17, 15) is 39.9 Å². The molecular formula is C46H82N2O16. The van der Waals surface area contributed by atoms with Crippen molar-refractivity contribution in [1.82, 2.24) is 9.80 Å². The topological polar surface area (TPSA) is 233 Å². The average molecular weight is 919 g/mol. The van der Waals surface area contributed by atoms with E-state index in [0.717, 1.165) is 0 Å². The number of likely N-dealkylation sites (N-methyl/N-ethyl adjacent to an activating group) is 2. The van der Waals surface area contributed by atoms with Gasteiger partial charge in [0.05, 0.1) is 54.2 Å². The smallest absolute Gasteiger partial charge is 0.311 e. The molecule has 0 amide bonds. The number of aliphatic hydroxyl groups excluding tert-OH is 3. The molecule has 4 aliphatic rings. The third kappa shape index (κ3) is 12.2. The maximum absolute atomic E-state index is 14.6. The number of ether oxygens (including phenoxy) is 8. The summed E-state index contributed by atoms with van der Waals surface area (Å²) in [4.78, 5) is 44.9. The SMILES string of the molecule is CC[C@H]1OC(=O)[C@H](C)[C@@H](O[C@H]2C[C@@](C)(O)[C@@H](OC(C)=O)[C@H](C)O2)[C@H](C)[C@@H](O[C@@H]2O[C@H](C)C[C@H](N(C)C)[C@H]2O)[C@](C)(O[C@@H]2C[C@@H](N(C)C)[C@@H](O)[C@H](C)O2)C[C@@H](C)C(=O)[C@H](C)[C@@H](O)[C@]1(C)O. The normalized spacial score (nSPS) is 48.1. The molecule has 0 saturated carbocycles. The molecule has 22 atom stereocenters. The highest BCUT2D eigenvalue weighted by Gasteiger charge is 2.56. The first-order chi connectivity index (χ1) is 29.5. The van der Waals surface area contributed by atoms with Gasteiger partial charge in [-0.25, -0.2) is 0 Å². The minimum Gasteiger partial charge on any atom is -0.459 e. The molecule has 4 rings (SSSR count). The first-order valence-corrected chi connectivity index (χ1v) is 23.2. The second-order valence-electron chi connectivity index (χ2n) is 20.5. The van der Waals surface area contributed by atoms with Gasteiger partial charge in [0.1, 0.15) is 29.2 Å². The highest BCUT2D eigenvalue weighted by molar-refractivity contribution is 5.83. The van der Waals surface area contributed by atoms with Crippen LogP contribution in [0.25, 0.3) is 0 Å². The fourth-order valence-corrected chi connectivity index (χ4v) is 10.6. The molecule has 0 aromatic carbocycles. The quantitative estimate of drug-likeness (QED) is 0.198. The fraction of sp³-hybridized carbons (Fsp3) is 0.935. The van der Waals surface area contributed by atoms with Crippen LogP contribution in [-0.2, 0) is 52.3 Å². The molecule has 18 heteroatoms. The Hall–Kier alpha value is -1.91. The molecule has 0 aliphatic carbocycles. The van der Waals surface area contributed by atoms with E-state index in [4.69, 9.17) is 37.9 Å². The summed E-state index contributed by atoms with van der Waals surface area (Å²) in [7, 11) is 7.39. The molecule has 0 unspecified atom stereocenters. The number of ketones is 1. The number of nitrogens with zero attached hydrogens (tertiary/aromatic N) is 2. The molecule has 0 radical (unpaired) electrons. The molecule has 0 aromatic rings. The Kier molecular flexibility index (Phi) is 18.4. The van der Waals surface area contributed by atoms with Crippen molar-refractivity contribution in [3.8, 4) is 0 Å². The van der Waals surface area contributed by atoms with Crippen molar-refractivity contribution in [1.29, 1.82) is 0 Å². The van der Waals surface area contributed by atoms with Crippen molar-refractivity contribution in [3.05, 3.63) is 0 Å². The number of esters is 2. The summed E-state index contributed by atoms with van der Waals surface area (Å²) in [5.74, 6) is -5.89. The lowest BCUT2D eigenvalue weighted by atomic mass is 9.73. The van der Waals surface area contributed by atoms with Gasteiger partial charge in [0.2, 0.25) is 0 Å². The Balaban J connectivity index is 1.97. The first-order valence-electron chi connectivity index (χ1n) is 23.2. The molecule has 372 valence electrons. The summed E-state index contributed by atoms with van der Waals surface area (Å²) in [5, 5.41) is 58.4. The molecule has 4 aliphatic heterocycles. The third-order valence-corrected chi connectivity index (χ3v) is 14.3. The van der Waals surface area contributed by atoms with E-state index >= 15 is 0 Å². The number of Topliss-reactive ketones (excluding diaryl/α,β-unsaturated/α-hetero) is 1. The summed E-state index contributed by atoms with van der Waals surface area (Å²) in [6, 6.07) is -0.771. The van der Waals surface area contributed by atoms with Crippen LogP contribution in [0.1, 0.15) is 115 Å². The fourth-order valence-electron chi connectivity index (χ4n) is 10.6. The monoisotopic (exact) mass is 919 g/mol. The number of hydrogen-bond acceptors (Lipinski definition) is 18. The van der Waals surface area contributed by atoms with Crippen LogP contribution in [0.2, 0.25) is 0 Å². The van der Waals surface area contributed by atoms with Gasteiger partial charge in [0.15, 0.2) is 25.0 Å². The van der Waals surface area contributed by atoms with Crippen molar-refractivity contribution in [3.63, 3.8) is 0 Å². The molecule has 0 aromatic heterocycles. The van der Waals surface area contributed by atoms with Crippen molar-refractivity contribution in [2.75, 3.05) is 28.2 Å². The predicted molar refractivity (Wildman–Crippen MR) is 232 cm³/mol. The predicted octanol–water partition coefficient (Wildman–Crippen LogP) is 2.15. The molecular weight excluding hydrogens is 837 g/mol. The Bertz CT molecular complexity index is 1560. The van der Waals surface area contributed by atoms with Gasteiger partial charge in [-0.3, -0.25) is 14.4 Å². The molecule has 64 heavy (non-hydrogen) atoms. The Morgan fingerprint density at radius 2 is 1.34 bits per heavy atom. The maximum Gasteiger partial charge on any atom is 0.311 e. The number of hydrogen-bond donors (Lipinski definition) is 5. The largest absolute Gasteiger partial charge is 0.459 e. The highest BCUT2D eigenvalue weighted by Crippen LogP contribution is 2.43. The van der Waals surface area contributed by atoms with Gasteiger partial charge < -0.3 is 73.2 Å². The minimum atomic E-state index is -2.06. The number of carbonyl (C=O) groups is 3. The second kappa shape index (κ2) is 21.6. The van der Waals surface area contributed by atoms with E-state index in [1.807, 2.05) is 44.9 Å². The van der Waals surface area contributed by atoms with Crippen LogP contribution in [0.4, 0.5) is 0 Å². The number of aliphatic hydroxyl groups is 5. The standard InChI is InChI=1S/C46H82N2O16/c1-17-32-46(12,56)39(53)24(4)35(50)22(2)20-45(11,64-33-19-31(48(15)16)36(51)27(7)58-33)40(63-43-37(52)30(47(13)14)18-23(3)57-43)25(5)38(26(6)42(54)61-32)62-34-21-44(10,55)41(28(8)59-34)60-29(9)49/h22-28,30-34,36-41,43,51-53,55-56H,17-21H2,1-16H3/t22-,23-,24+,25+,26-,27+,28+,30+,31-,32-,33-,34+,36+,37-,38+,39-,40-,41+,43+,44-,45-,46-/m1/s1. The average Bonchev–Trinajstić information content (AvgIpc) is 3.19. The lowest BCUT2D eigenvalue weighted by molar-refractivity contribution is -0.340. The van der Waals surface area contributed by atoms with E-state index in [2.05, 4.69) is 0 Å². The van der Waals surface area contributed by atoms with Gasteiger partial charge in [0.25, 0.3) is 0 Å². The van der Waals surface area contributed by atoms with E-state index in [1.54, 1.807) is 48.5 Å². The zero-order valence-electron chi connectivity index (χ0n) is 41.1. The van der Waals surface area contributed by atoms with Gasteiger partial charge >= 0.3 is 11.9 Å². The van der Waals surface area contributed by atoms with Crippen molar-refractivity contribution in [2.24, 2.45) is 23.7 Å². The Labute approximate surface area is 380 Å². The zero-order valence-corrected chi connectivity index (χ0v) is 41.1. The van der Waals surface area contributed by atoms with E-state index in [1.165, 1.54) is 27.7 Å². The van der Waals surface area contributed by atoms with Crippen LogP contribution < -0.4 is 0 Å². The third-order valence-electron chi connectivity index (χ3n) is 14.3. The molecule has 4 fully saturated rings. The first kappa shape index (κ1) is 54.7. The summed E-state index contributed by atoms with van der Waals surface area (Å²) in [5.41, 5.74) is -5.26. The Morgan fingerprint density at radius 1 is 0.766 bits per heavy atom. The van der Waals surface area contributed by atoms with Gasteiger partial charge in [0, 0.05) is 49.6 Å². The highest BCUT2D eigenvalue weighted by atomic mass is 16.7. The summed E-state index contributed by atoms with van der Waals surface area (Å²) >= 11 is 0. The van der Waals surface area contributed by atoms with Gasteiger partial charge in [-0.2, -0.15) is 0 Å². The van der Waals surface area contributed by atoms with Crippen LogP contribution in [-0.4, -0.2) is 190 Å². The lowest BCUT2D eigenvalue weighted by Crippen LogP contribution is -2.63. The Morgan fingerprint density at radius 3 is 1.89 bits per heavy atom. The molecule has 18 nitrogen and oxygen atoms in total. The molecule has 5 N–H and O–H groups in total. The van der Waals surface area contributed by atoms with E-state index < -0.39 is 132 Å². The van der Waals surface area contributed by atoms with Crippen LogP contribution in [0.3, 0.4) is 0 Å². The van der Waals surface area contributed by atoms with Gasteiger partial charge in [-0.1, -0.05) is 27.7 Å². The molecule has 4 saturated heterocycles. The van der Waals surface area contributed by atoms with Crippen molar-refractivity contribution >= 4 is 17.7 Å².